The number of para-hydroxylation sites is 1. The van der Waals surface area contributed by atoms with Crippen molar-refractivity contribution >= 4 is 17.1 Å². The zero-order chi connectivity index (χ0) is 16.0. The van der Waals surface area contributed by atoms with Crippen LogP contribution >= 0.6 is 0 Å². The smallest absolute Gasteiger partial charge is 0.150 e. The topological polar surface area (TPSA) is 26.3 Å². The van der Waals surface area contributed by atoms with Crippen LogP contribution in [0.1, 0.15) is 41.4 Å². The first-order valence-corrected chi connectivity index (χ1v) is 7.84. The van der Waals surface area contributed by atoms with Crippen LogP contribution in [0, 0.1) is 0 Å². The fourth-order valence-corrected chi connectivity index (χ4v) is 3.52. The van der Waals surface area contributed by atoms with Crippen molar-refractivity contribution < 1.29 is 9.53 Å². The molecule has 2 nitrogen and oxygen atoms in total. The van der Waals surface area contributed by atoms with Gasteiger partial charge >= 0.3 is 0 Å². The highest BCUT2D eigenvalue weighted by atomic mass is 16.5. The van der Waals surface area contributed by atoms with Crippen molar-refractivity contribution in [2.75, 3.05) is 0 Å². The summed E-state index contributed by atoms with van der Waals surface area (Å²) in [6, 6.07) is 20.4. The maximum atomic E-state index is 10.9. The van der Waals surface area contributed by atoms with Gasteiger partial charge in [0.05, 0.1) is 0 Å². The second-order valence-electron chi connectivity index (χ2n) is 6.70. The lowest BCUT2D eigenvalue weighted by atomic mass is 9.78. The van der Waals surface area contributed by atoms with Gasteiger partial charge in [-0.2, -0.15) is 0 Å². The molecule has 0 radical (unpaired) electrons. The van der Waals surface area contributed by atoms with Crippen LogP contribution in [0.5, 0.6) is 5.75 Å². The van der Waals surface area contributed by atoms with Crippen LogP contribution in [0.3, 0.4) is 0 Å². The molecule has 0 bridgehead atoms. The van der Waals surface area contributed by atoms with E-state index in [1.165, 1.54) is 5.56 Å². The largest absolute Gasteiger partial charge is 0.485 e. The van der Waals surface area contributed by atoms with Crippen LogP contribution in [-0.4, -0.2) is 6.29 Å². The van der Waals surface area contributed by atoms with Gasteiger partial charge in [-0.1, -0.05) is 56.3 Å². The minimum Gasteiger partial charge on any atom is -0.485 e. The van der Waals surface area contributed by atoms with Crippen LogP contribution < -0.4 is 4.74 Å². The Balaban J connectivity index is 1.80. The first-order chi connectivity index (χ1) is 11.1. The quantitative estimate of drug-likeness (QED) is 0.618. The van der Waals surface area contributed by atoms with Crippen LogP contribution in [0.15, 0.2) is 60.7 Å². The summed E-state index contributed by atoms with van der Waals surface area (Å²) < 4.78 is 6.25. The van der Waals surface area contributed by atoms with Crippen molar-refractivity contribution in [1.29, 1.82) is 0 Å². The van der Waals surface area contributed by atoms with Crippen LogP contribution in [0.2, 0.25) is 0 Å². The Labute approximate surface area is 135 Å². The van der Waals surface area contributed by atoms with Crippen molar-refractivity contribution in [1.82, 2.24) is 0 Å². The molecule has 114 valence electrons. The highest BCUT2D eigenvalue weighted by Gasteiger charge is 2.42. The molecule has 0 amide bonds. The molecule has 23 heavy (non-hydrogen) atoms. The number of carbonyl (C=O) groups excluding carboxylic acids is 1. The minimum absolute atomic E-state index is 0.00459. The Morgan fingerprint density at radius 3 is 2.48 bits per heavy atom. The number of hydrogen-bond acceptors (Lipinski definition) is 2. The predicted octanol–water partition coefficient (Wildman–Crippen LogP) is 5.06. The Morgan fingerprint density at radius 2 is 1.70 bits per heavy atom. The molecule has 2 heteroatoms. The Kier molecular flexibility index (Phi) is 3.02. The van der Waals surface area contributed by atoms with E-state index in [1.807, 2.05) is 30.3 Å². The van der Waals surface area contributed by atoms with Gasteiger partial charge in [-0.3, -0.25) is 4.79 Å². The first kappa shape index (κ1) is 14.0. The third-order valence-corrected chi connectivity index (χ3v) is 4.81. The molecule has 0 saturated carbocycles. The number of carbonyl (C=O) groups is 1. The number of rotatable bonds is 2. The highest BCUT2D eigenvalue weighted by molar-refractivity contribution is 5.89. The molecule has 1 unspecified atom stereocenters. The van der Waals surface area contributed by atoms with Crippen LogP contribution in [-0.2, 0) is 5.41 Å². The second-order valence-corrected chi connectivity index (χ2v) is 6.70. The number of fused-ring (bicyclic) bond motifs is 2. The van der Waals surface area contributed by atoms with Gasteiger partial charge in [-0.25, -0.2) is 0 Å². The average molecular weight is 302 g/mol. The molecular weight excluding hydrogens is 284 g/mol. The number of benzene rings is 3. The van der Waals surface area contributed by atoms with E-state index in [2.05, 4.69) is 44.2 Å². The van der Waals surface area contributed by atoms with E-state index in [1.54, 1.807) is 0 Å². The number of aldehydes is 1. The summed E-state index contributed by atoms with van der Waals surface area (Å²) in [5.74, 6) is 0.971. The molecule has 0 aromatic heterocycles. The van der Waals surface area contributed by atoms with Gasteiger partial charge in [-0.05, 0) is 34.5 Å². The summed E-state index contributed by atoms with van der Waals surface area (Å²) in [5.41, 5.74) is 3.04. The van der Waals surface area contributed by atoms with Gasteiger partial charge in [0.15, 0.2) is 0 Å². The van der Waals surface area contributed by atoms with Gasteiger partial charge < -0.3 is 4.74 Å². The van der Waals surface area contributed by atoms with Crippen LogP contribution in [0.4, 0.5) is 0 Å². The lowest BCUT2D eigenvalue weighted by molar-refractivity contribution is 0.112. The molecular formula is C21H18O2. The molecule has 0 saturated heterocycles. The van der Waals surface area contributed by atoms with E-state index < -0.39 is 0 Å². The van der Waals surface area contributed by atoms with Crippen molar-refractivity contribution in [2.24, 2.45) is 0 Å². The highest BCUT2D eigenvalue weighted by Crippen LogP contribution is 2.50. The van der Waals surface area contributed by atoms with E-state index in [-0.39, 0.29) is 11.5 Å². The first-order valence-electron chi connectivity index (χ1n) is 7.84. The normalized spacial score (nSPS) is 18.4. The molecule has 4 rings (SSSR count). The van der Waals surface area contributed by atoms with E-state index in [0.717, 1.165) is 28.4 Å². The van der Waals surface area contributed by atoms with Gasteiger partial charge in [0, 0.05) is 16.5 Å². The molecule has 3 aromatic rings. The minimum atomic E-state index is -0.0764. The molecule has 0 aliphatic carbocycles. The zero-order valence-corrected chi connectivity index (χ0v) is 13.2. The van der Waals surface area contributed by atoms with Crippen molar-refractivity contribution in [3.8, 4) is 5.75 Å². The monoisotopic (exact) mass is 302 g/mol. The van der Waals surface area contributed by atoms with Gasteiger partial charge in [0.1, 0.15) is 18.1 Å². The maximum absolute atomic E-state index is 10.9. The molecule has 1 aliphatic rings. The van der Waals surface area contributed by atoms with Gasteiger partial charge in [0.2, 0.25) is 0 Å². The third kappa shape index (κ3) is 2.14. The summed E-state index contributed by atoms with van der Waals surface area (Å²) in [6.45, 7) is 4.45. The molecule has 0 fully saturated rings. The van der Waals surface area contributed by atoms with E-state index in [9.17, 15) is 4.79 Å². The Hall–Kier alpha value is -2.61. The second kappa shape index (κ2) is 4.95. The molecule has 3 aromatic carbocycles. The molecule has 0 N–H and O–H groups in total. The van der Waals surface area contributed by atoms with E-state index in [4.69, 9.17) is 4.74 Å². The van der Waals surface area contributed by atoms with E-state index >= 15 is 0 Å². The predicted molar refractivity (Wildman–Crippen MR) is 92.2 cm³/mol. The summed E-state index contributed by atoms with van der Waals surface area (Å²) in [4.78, 5) is 10.9. The summed E-state index contributed by atoms with van der Waals surface area (Å²) in [5, 5.41) is 2.20. The fourth-order valence-electron chi connectivity index (χ4n) is 3.52. The zero-order valence-electron chi connectivity index (χ0n) is 13.2. The molecule has 0 spiro atoms. The summed E-state index contributed by atoms with van der Waals surface area (Å²) >= 11 is 0. The van der Waals surface area contributed by atoms with Crippen molar-refractivity contribution in [2.45, 2.75) is 25.4 Å². The standard InChI is InChI=1S/C21H18O2/c1-21(2)18-5-3-4-6-19(18)23-20(21)17-10-9-15-11-14(13-22)7-8-16(15)12-17/h3-13,20H,1-2H3. The van der Waals surface area contributed by atoms with E-state index in [0.29, 0.717) is 5.56 Å². The summed E-state index contributed by atoms with van der Waals surface area (Å²) in [7, 11) is 0. The SMILES string of the molecule is CC1(C)c2ccccc2OC1c1ccc2cc(C=O)ccc2c1. The molecule has 1 heterocycles. The Morgan fingerprint density at radius 1 is 0.957 bits per heavy atom. The molecule has 1 atom stereocenters. The summed E-state index contributed by atoms with van der Waals surface area (Å²) in [6.07, 6.45) is 0.878. The van der Waals surface area contributed by atoms with Gasteiger partial charge in [0.25, 0.3) is 0 Å². The Bertz CT molecular complexity index is 909. The van der Waals surface area contributed by atoms with Crippen molar-refractivity contribution in [3.63, 3.8) is 0 Å². The van der Waals surface area contributed by atoms with Gasteiger partial charge in [-0.15, -0.1) is 0 Å². The molecule has 1 aliphatic heterocycles. The average Bonchev–Trinajstić information content (AvgIpc) is 2.85. The van der Waals surface area contributed by atoms with Crippen molar-refractivity contribution in [3.05, 3.63) is 77.4 Å². The number of hydrogen-bond donors (Lipinski definition) is 0. The lowest BCUT2D eigenvalue weighted by Gasteiger charge is -2.26. The lowest BCUT2D eigenvalue weighted by Crippen LogP contribution is -2.24. The maximum Gasteiger partial charge on any atom is 0.150 e. The fraction of sp³-hybridized carbons (Fsp3) is 0.190. The van der Waals surface area contributed by atoms with Crippen LogP contribution in [0.25, 0.3) is 10.8 Å². The number of ether oxygens (including phenoxy) is 1. The third-order valence-electron chi connectivity index (χ3n) is 4.81.